The molecule has 8 heteroatoms. The number of fused-ring (bicyclic) bond motifs is 1. The van der Waals surface area contributed by atoms with Crippen LogP contribution in [0.1, 0.15) is 60.7 Å². The first-order valence-corrected chi connectivity index (χ1v) is 13.9. The molecule has 0 radical (unpaired) electrons. The largest absolute Gasteiger partial charge is 0.466 e. The summed E-state index contributed by atoms with van der Waals surface area (Å²) in [5.74, 6) is -0.274. The van der Waals surface area contributed by atoms with Crippen LogP contribution in [0, 0.1) is 6.92 Å². The maximum Gasteiger partial charge on any atom is 0.306 e. The molecule has 0 saturated carbocycles. The third-order valence-corrected chi connectivity index (χ3v) is 8.35. The summed E-state index contributed by atoms with van der Waals surface area (Å²) in [5.41, 5.74) is 3.80. The van der Waals surface area contributed by atoms with E-state index in [-0.39, 0.29) is 42.7 Å². The smallest absolute Gasteiger partial charge is 0.306 e. The maximum atomic E-state index is 13.7. The van der Waals surface area contributed by atoms with E-state index in [0.29, 0.717) is 32.8 Å². The van der Waals surface area contributed by atoms with Gasteiger partial charge in [0.1, 0.15) is 0 Å². The molecule has 0 unspecified atom stereocenters. The number of rotatable bonds is 7. The van der Waals surface area contributed by atoms with Gasteiger partial charge in [-0.25, -0.2) is 0 Å². The number of hydrogen-bond donors (Lipinski definition) is 0. The van der Waals surface area contributed by atoms with Gasteiger partial charge in [-0.3, -0.25) is 19.3 Å². The zero-order chi connectivity index (χ0) is 25.7. The van der Waals surface area contributed by atoms with Crippen molar-refractivity contribution in [3.8, 4) is 0 Å². The molecule has 1 aromatic heterocycles. The number of hydrogen-bond acceptors (Lipinski definition) is 6. The lowest BCUT2D eigenvalue weighted by Crippen LogP contribution is -2.51. The topological polar surface area (TPSA) is 70.2 Å². The molecule has 7 nitrogen and oxygen atoms in total. The van der Waals surface area contributed by atoms with E-state index in [1.165, 1.54) is 21.6 Å². The van der Waals surface area contributed by atoms with Gasteiger partial charge in [-0.15, -0.1) is 11.3 Å². The highest BCUT2D eigenvalue weighted by Crippen LogP contribution is 2.40. The van der Waals surface area contributed by atoms with E-state index in [0.717, 1.165) is 19.4 Å². The highest BCUT2D eigenvalue weighted by atomic mass is 32.1. The van der Waals surface area contributed by atoms with Gasteiger partial charge in [-0.1, -0.05) is 24.3 Å². The molecule has 194 valence electrons. The van der Waals surface area contributed by atoms with Crippen LogP contribution in [-0.2, 0) is 25.5 Å². The fraction of sp³-hybridized carbons (Fsp3) is 0.536. The summed E-state index contributed by atoms with van der Waals surface area (Å²) in [5, 5.41) is 2.16. The summed E-state index contributed by atoms with van der Waals surface area (Å²) in [6.07, 6.45) is 1.94. The number of benzene rings is 1. The van der Waals surface area contributed by atoms with Crippen LogP contribution in [0.5, 0.6) is 0 Å². The Morgan fingerprint density at radius 3 is 2.53 bits per heavy atom. The quantitative estimate of drug-likeness (QED) is 0.529. The number of aryl methyl sites for hydroxylation is 1. The van der Waals surface area contributed by atoms with Crippen molar-refractivity contribution in [3.63, 3.8) is 0 Å². The molecule has 1 saturated heterocycles. The predicted octanol–water partition coefficient (Wildman–Crippen LogP) is 3.80. The van der Waals surface area contributed by atoms with Crippen LogP contribution in [0.4, 0.5) is 0 Å². The molecule has 3 heterocycles. The zero-order valence-electron chi connectivity index (χ0n) is 21.6. The van der Waals surface area contributed by atoms with E-state index in [4.69, 9.17) is 4.74 Å². The molecule has 2 aromatic rings. The number of esters is 1. The molecule has 0 N–H and O–H groups in total. The van der Waals surface area contributed by atoms with Crippen molar-refractivity contribution in [2.24, 2.45) is 0 Å². The standard InChI is InChI=1S/C28H37N3O4S/c1-4-35-26(33)11-10-25(32)29-14-7-15-30(18-17-29)28(34)21(3)31-16-12-24-23(13-19-36-24)27(31)22-9-6-5-8-20(22)2/h5-6,8-9,13,19,21,27H,4,7,10-12,14-18H2,1-3H3/t21-,27+/m0/s1. The third kappa shape index (κ3) is 5.81. The second kappa shape index (κ2) is 12.0. The molecule has 0 aliphatic carbocycles. The van der Waals surface area contributed by atoms with E-state index < -0.39 is 0 Å². The first-order valence-electron chi connectivity index (χ1n) is 13.0. The van der Waals surface area contributed by atoms with Crippen LogP contribution in [0.3, 0.4) is 0 Å². The number of nitrogens with zero attached hydrogens (tertiary/aromatic N) is 3. The molecule has 2 atom stereocenters. The van der Waals surface area contributed by atoms with E-state index in [2.05, 4.69) is 47.5 Å². The van der Waals surface area contributed by atoms with Crippen molar-refractivity contribution in [1.29, 1.82) is 0 Å². The van der Waals surface area contributed by atoms with Gasteiger partial charge in [-0.2, -0.15) is 0 Å². The SMILES string of the molecule is CCOC(=O)CCC(=O)N1CCCN(C(=O)[C@H](C)N2CCc3sccc3[C@H]2c2ccccc2C)CC1. The lowest BCUT2D eigenvalue weighted by molar-refractivity contribution is -0.145. The van der Waals surface area contributed by atoms with Crippen molar-refractivity contribution >= 4 is 29.1 Å². The van der Waals surface area contributed by atoms with Gasteiger partial charge < -0.3 is 14.5 Å². The molecular formula is C28H37N3O4S. The third-order valence-electron chi connectivity index (χ3n) is 7.35. The van der Waals surface area contributed by atoms with Crippen LogP contribution < -0.4 is 0 Å². The average molecular weight is 512 g/mol. The average Bonchev–Trinajstić information content (AvgIpc) is 3.22. The minimum absolute atomic E-state index is 0.0500. The van der Waals surface area contributed by atoms with Crippen LogP contribution >= 0.6 is 11.3 Å². The summed E-state index contributed by atoms with van der Waals surface area (Å²) in [7, 11) is 0. The van der Waals surface area contributed by atoms with E-state index in [9.17, 15) is 14.4 Å². The minimum atomic E-state index is -0.343. The van der Waals surface area contributed by atoms with Crippen LogP contribution in [0.15, 0.2) is 35.7 Å². The Bertz CT molecular complexity index is 1080. The predicted molar refractivity (Wildman–Crippen MR) is 141 cm³/mol. The molecule has 36 heavy (non-hydrogen) atoms. The molecule has 2 amide bonds. The Morgan fingerprint density at radius 2 is 1.75 bits per heavy atom. The van der Waals surface area contributed by atoms with Crippen LogP contribution in [0.25, 0.3) is 0 Å². The van der Waals surface area contributed by atoms with Gasteiger partial charge in [0.25, 0.3) is 0 Å². The molecule has 1 aromatic carbocycles. The van der Waals surface area contributed by atoms with Gasteiger partial charge in [0.05, 0.1) is 25.1 Å². The Hall–Kier alpha value is -2.71. The Labute approximate surface area is 218 Å². The van der Waals surface area contributed by atoms with Crippen molar-refractivity contribution < 1.29 is 19.1 Å². The molecule has 4 rings (SSSR count). The minimum Gasteiger partial charge on any atom is -0.466 e. The van der Waals surface area contributed by atoms with E-state index in [1.54, 1.807) is 23.2 Å². The fourth-order valence-corrected chi connectivity index (χ4v) is 6.29. The summed E-state index contributed by atoms with van der Waals surface area (Å²) in [6.45, 7) is 9.34. The second-order valence-electron chi connectivity index (χ2n) is 9.59. The van der Waals surface area contributed by atoms with E-state index >= 15 is 0 Å². The van der Waals surface area contributed by atoms with Crippen molar-refractivity contribution in [2.45, 2.75) is 58.5 Å². The molecule has 1 fully saturated rings. The molecule has 2 aliphatic rings. The highest BCUT2D eigenvalue weighted by molar-refractivity contribution is 7.10. The van der Waals surface area contributed by atoms with E-state index in [1.807, 2.05) is 11.8 Å². The van der Waals surface area contributed by atoms with Crippen molar-refractivity contribution in [2.75, 3.05) is 39.3 Å². The normalized spacial score (nSPS) is 19.4. The van der Waals surface area contributed by atoms with Crippen molar-refractivity contribution in [1.82, 2.24) is 14.7 Å². The molecular weight excluding hydrogens is 474 g/mol. The second-order valence-corrected chi connectivity index (χ2v) is 10.6. The van der Waals surface area contributed by atoms with Crippen LogP contribution in [0.2, 0.25) is 0 Å². The Balaban J connectivity index is 1.43. The molecule has 2 aliphatic heterocycles. The first-order chi connectivity index (χ1) is 17.4. The van der Waals surface area contributed by atoms with Gasteiger partial charge in [0.2, 0.25) is 11.8 Å². The number of ether oxygens (including phenoxy) is 1. The summed E-state index contributed by atoms with van der Waals surface area (Å²) < 4.78 is 4.93. The number of carbonyl (C=O) groups is 3. The number of thiophene rings is 1. The summed E-state index contributed by atoms with van der Waals surface area (Å²) in [4.78, 5) is 45.5. The zero-order valence-corrected chi connectivity index (χ0v) is 22.4. The van der Waals surface area contributed by atoms with Gasteiger partial charge in [0, 0.05) is 44.0 Å². The van der Waals surface area contributed by atoms with Gasteiger partial charge in [0.15, 0.2) is 0 Å². The highest BCUT2D eigenvalue weighted by Gasteiger charge is 2.37. The van der Waals surface area contributed by atoms with Crippen LogP contribution in [-0.4, -0.2) is 77.9 Å². The Morgan fingerprint density at radius 1 is 1.00 bits per heavy atom. The van der Waals surface area contributed by atoms with Gasteiger partial charge >= 0.3 is 5.97 Å². The number of amides is 2. The molecule has 0 spiro atoms. The summed E-state index contributed by atoms with van der Waals surface area (Å²) >= 11 is 1.81. The maximum absolute atomic E-state index is 13.7. The fourth-order valence-electron chi connectivity index (χ4n) is 5.39. The van der Waals surface area contributed by atoms with Gasteiger partial charge in [-0.05, 0) is 61.7 Å². The molecule has 0 bridgehead atoms. The lowest BCUT2D eigenvalue weighted by atomic mass is 9.89. The number of carbonyl (C=O) groups excluding carboxylic acids is 3. The lowest BCUT2D eigenvalue weighted by Gasteiger charge is -2.41. The Kier molecular flexibility index (Phi) is 8.80. The summed E-state index contributed by atoms with van der Waals surface area (Å²) in [6, 6.07) is 10.5. The first kappa shape index (κ1) is 26.4. The van der Waals surface area contributed by atoms with Crippen molar-refractivity contribution in [3.05, 3.63) is 57.3 Å². The monoisotopic (exact) mass is 511 g/mol.